The lowest BCUT2D eigenvalue weighted by Crippen LogP contribution is -2.37. The second-order valence-electron chi connectivity index (χ2n) is 5.72. The minimum absolute atomic E-state index is 0. The van der Waals surface area contributed by atoms with Gasteiger partial charge in [0.15, 0.2) is 0 Å². The maximum absolute atomic E-state index is 12.7. The SMILES string of the molecule is Cl.NCCCN(Cc1ccccc1)C(=O)C1CCCCC1. The molecule has 1 aliphatic carbocycles. The van der Waals surface area contributed by atoms with Gasteiger partial charge in [0.05, 0.1) is 0 Å². The molecule has 118 valence electrons. The van der Waals surface area contributed by atoms with Gasteiger partial charge in [0.2, 0.25) is 5.91 Å². The second-order valence-corrected chi connectivity index (χ2v) is 5.72. The van der Waals surface area contributed by atoms with Crippen LogP contribution in [-0.4, -0.2) is 23.9 Å². The van der Waals surface area contributed by atoms with E-state index in [1.807, 2.05) is 23.1 Å². The van der Waals surface area contributed by atoms with Crippen molar-refractivity contribution < 1.29 is 4.79 Å². The Hall–Kier alpha value is -1.06. The van der Waals surface area contributed by atoms with Crippen molar-refractivity contribution in [3.8, 4) is 0 Å². The van der Waals surface area contributed by atoms with E-state index in [0.717, 1.165) is 32.4 Å². The average molecular weight is 311 g/mol. The van der Waals surface area contributed by atoms with Gasteiger partial charge in [-0.3, -0.25) is 4.79 Å². The first-order valence-corrected chi connectivity index (χ1v) is 7.84. The Kier molecular flexibility index (Phi) is 8.40. The van der Waals surface area contributed by atoms with Crippen molar-refractivity contribution in [1.29, 1.82) is 0 Å². The molecule has 1 fully saturated rings. The number of carbonyl (C=O) groups excluding carboxylic acids is 1. The Bertz CT molecular complexity index is 405. The fourth-order valence-electron chi connectivity index (χ4n) is 2.96. The molecule has 1 amide bonds. The smallest absolute Gasteiger partial charge is 0.225 e. The highest BCUT2D eigenvalue weighted by Gasteiger charge is 2.25. The van der Waals surface area contributed by atoms with E-state index in [9.17, 15) is 4.79 Å². The standard InChI is InChI=1S/C17H26N2O.ClH/c18-12-7-13-19(14-15-8-3-1-4-9-15)17(20)16-10-5-2-6-11-16;/h1,3-4,8-9,16H,2,5-7,10-14,18H2;1H. The van der Waals surface area contributed by atoms with Gasteiger partial charge < -0.3 is 10.6 Å². The van der Waals surface area contributed by atoms with Gasteiger partial charge in [0.1, 0.15) is 0 Å². The summed E-state index contributed by atoms with van der Waals surface area (Å²) in [6, 6.07) is 10.2. The number of rotatable bonds is 6. The Morgan fingerprint density at radius 2 is 1.81 bits per heavy atom. The number of nitrogens with two attached hydrogens (primary N) is 1. The molecule has 1 saturated carbocycles. The maximum atomic E-state index is 12.7. The molecule has 1 aromatic carbocycles. The third-order valence-electron chi connectivity index (χ3n) is 4.11. The molecule has 1 aromatic rings. The molecule has 0 heterocycles. The van der Waals surface area contributed by atoms with E-state index in [0.29, 0.717) is 12.5 Å². The van der Waals surface area contributed by atoms with Crippen LogP contribution < -0.4 is 5.73 Å². The molecule has 0 unspecified atom stereocenters. The van der Waals surface area contributed by atoms with E-state index in [4.69, 9.17) is 5.73 Å². The summed E-state index contributed by atoms with van der Waals surface area (Å²) < 4.78 is 0. The van der Waals surface area contributed by atoms with E-state index in [2.05, 4.69) is 12.1 Å². The van der Waals surface area contributed by atoms with E-state index in [-0.39, 0.29) is 18.3 Å². The molecule has 0 aliphatic heterocycles. The number of hydrogen-bond donors (Lipinski definition) is 1. The van der Waals surface area contributed by atoms with Crippen LogP contribution in [0.5, 0.6) is 0 Å². The highest BCUT2D eigenvalue weighted by Crippen LogP contribution is 2.26. The van der Waals surface area contributed by atoms with Gasteiger partial charge in [-0.15, -0.1) is 12.4 Å². The molecule has 0 saturated heterocycles. The number of carbonyl (C=O) groups is 1. The number of hydrogen-bond acceptors (Lipinski definition) is 2. The number of halogens is 1. The fraction of sp³-hybridized carbons (Fsp3) is 0.588. The highest BCUT2D eigenvalue weighted by molar-refractivity contribution is 5.85. The molecule has 2 rings (SSSR count). The zero-order valence-electron chi connectivity index (χ0n) is 12.7. The third kappa shape index (κ3) is 5.68. The summed E-state index contributed by atoms with van der Waals surface area (Å²) in [4.78, 5) is 14.7. The summed E-state index contributed by atoms with van der Waals surface area (Å²) in [7, 11) is 0. The molecule has 21 heavy (non-hydrogen) atoms. The van der Waals surface area contributed by atoms with E-state index < -0.39 is 0 Å². The summed E-state index contributed by atoms with van der Waals surface area (Å²) in [6.45, 7) is 2.14. The van der Waals surface area contributed by atoms with E-state index in [1.165, 1.54) is 24.8 Å². The van der Waals surface area contributed by atoms with Crippen LogP contribution in [0.4, 0.5) is 0 Å². The van der Waals surface area contributed by atoms with Gasteiger partial charge in [-0.1, -0.05) is 49.6 Å². The molecule has 3 nitrogen and oxygen atoms in total. The van der Waals surface area contributed by atoms with Crippen LogP contribution in [0, 0.1) is 5.92 Å². The lowest BCUT2D eigenvalue weighted by molar-refractivity contribution is -0.137. The Morgan fingerprint density at radius 1 is 1.14 bits per heavy atom. The topological polar surface area (TPSA) is 46.3 Å². The largest absolute Gasteiger partial charge is 0.338 e. The highest BCUT2D eigenvalue weighted by atomic mass is 35.5. The molecule has 0 radical (unpaired) electrons. The maximum Gasteiger partial charge on any atom is 0.225 e. The molecule has 1 aliphatic rings. The molecule has 2 N–H and O–H groups in total. The molecule has 0 aromatic heterocycles. The summed E-state index contributed by atoms with van der Waals surface area (Å²) in [5.41, 5.74) is 6.81. The first-order valence-electron chi connectivity index (χ1n) is 7.84. The van der Waals surface area contributed by atoms with Crippen molar-refractivity contribution in [1.82, 2.24) is 4.90 Å². The Labute approximate surface area is 134 Å². The minimum atomic E-state index is 0. The third-order valence-corrected chi connectivity index (χ3v) is 4.11. The molecular formula is C17H27ClN2O. The number of benzene rings is 1. The molecular weight excluding hydrogens is 284 g/mol. The van der Waals surface area contributed by atoms with Crippen LogP contribution in [0.15, 0.2) is 30.3 Å². The lowest BCUT2D eigenvalue weighted by atomic mass is 9.88. The monoisotopic (exact) mass is 310 g/mol. The van der Waals surface area contributed by atoms with Gasteiger partial charge >= 0.3 is 0 Å². The summed E-state index contributed by atoms with van der Waals surface area (Å²) in [5, 5.41) is 0. The van der Waals surface area contributed by atoms with Crippen molar-refractivity contribution in [2.24, 2.45) is 11.7 Å². The van der Waals surface area contributed by atoms with Crippen LogP contribution in [0.3, 0.4) is 0 Å². The zero-order valence-corrected chi connectivity index (χ0v) is 13.5. The average Bonchev–Trinajstić information content (AvgIpc) is 2.52. The van der Waals surface area contributed by atoms with Crippen molar-refractivity contribution in [2.75, 3.05) is 13.1 Å². The first kappa shape index (κ1) is 18.0. The Balaban J connectivity index is 0.00000220. The van der Waals surface area contributed by atoms with Crippen LogP contribution in [0.1, 0.15) is 44.1 Å². The summed E-state index contributed by atoms with van der Waals surface area (Å²) in [5.74, 6) is 0.576. The zero-order chi connectivity index (χ0) is 14.2. The van der Waals surface area contributed by atoms with Crippen LogP contribution in [-0.2, 0) is 11.3 Å². The normalized spacial score (nSPS) is 15.3. The molecule has 0 spiro atoms. The van der Waals surface area contributed by atoms with Crippen molar-refractivity contribution in [2.45, 2.75) is 45.1 Å². The van der Waals surface area contributed by atoms with E-state index >= 15 is 0 Å². The quantitative estimate of drug-likeness (QED) is 0.875. The van der Waals surface area contributed by atoms with Crippen LogP contribution in [0.2, 0.25) is 0 Å². The number of nitrogens with zero attached hydrogens (tertiary/aromatic N) is 1. The van der Waals surface area contributed by atoms with Crippen molar-refractivity contribution >= 4 is 18.3 Å². The van der Waals surface area contributed by atoms with Crippen molar-refractivity contribution in [3.05, 3.63) is 35.9 Å². The predicted molar refractivity (Wildman–Crippen MR) is 89.4 cm³/mol. The minimum Gasteiger partial charge on any atom is -0.338 e. The predicted octanol–water partition coefficient (Wildman–Crippen LogP) is 3.37. The van der Waals surface area contributed by atoms with Gasteiger partial charge in [-0.25, -0.2) is 0 Å². The molecule has 4 heteroatoms. The Morgan fingerprint density at radius 3 is 2.43 bits per heavy atom. The summed E-state index contributed by atoms with van der Waals surface area (Å²) >= 11 is 0. The van der Waals surface area contributed by atoms with Gasteiger partial charge in [0.25, 0.3) is 0 Å². The molecule has 0 atom stereocenters. The van der Waals surface area contributed by atoms with Gasteiger partial charge in [0, 0.05) is 19.0 Å². The van der Waals surface area contributed by atoms with Gasteiger partial charge in [-0.05, 0) is 31.4 Å². The van der Waals surface area contributed by atoms with Crippen LogP contribution >= 0.6 is 12.4 Å². The summed E-state index contributed by atoms with van der Waals surface area (Å²) in [6.07, 6.45) is 6.69. The van der Waals surface area contributed by atoms with E-state index in [1.54, 1.807) is 0 Å². The second kappa shape index (κ2) is 9.80. The van der Waals surface area contributed by atoms with Crippen molar-refractivity contribution in [3.63, 3.8) is 0 Å². The first-order chi connectivity index (χ1) is 9.81. The van der Waals surface area contributed by atoms with Gasteiger partial charge in [-0.2, -0.15) is 0 Å². The fourth-order valence-corrected chi connectivity index (χ4v) is 2.96. The molecule has 0 bridgehead atoms. The van der Waals surface area contributed by atoms with Crippen LogP contribution in [0.25, 0.3) is 0 Å². The lowest BCUT2D eigenvalue weighted by Gasteiger charge is -2.29. The number of amides is 1.